The van der Waals surface area contributed by atoms with Crippen molar-refractivity contribution in [3.8, 4) is 5.75 Å². The first-order valence-corrected chi connectivity index (χ1v) is 6.39. The highest BCUT2D eigenvalue weighted by Gasteiger charge is 2.19. The smallest absolute Gasteiger partial charge is 0.272 e. The molecule has 0 aliphatic heterocycles. The van der Waals surface area contributed by atoms with Crippen LogP contribution in [0.5, 0.6) is 5.75 Å². The summed E-state index contributed by atoms with van der Waals surface area (Å²) in [6.07, 6.45) is 0. The Hall–Kier alpha value is -1.23. The largest absolute Gasteiger partial charge is 0.493 e. The van der Waals surface area contributed by atoms with Crippen LogP contribution in [0.25, 0.3) is 0 Å². The second-order valence-electron chi connectivity index (χ2n) is 5.27. The van der Waals surface area contributed by atoms with E-state index in [0.29, 0.717) is 17.9 Å². The van der Waals surface area contributed by atoms with Gasteiger partial charge in [0.05, 0.1) is 11.5 Å². The summed E-state index contributed by atoms with van der Waals surface area (Å²) in [5.74, 6) is 1.42. The molecule has 1 aromatic rings. The zero-order chi connectivity index (χ0) is 13.9. The van der Waals surface area contributed by atoms with Gasteiger partial charge in [-0.25, -0.2) is 0 Å². The first-order chi connectivity index (χ1) is 8.26. The molecule has 0 bridgehead atoms. The zero-order valence-electron chi connectivity index (χ0n) is 11.2. The fourth-order valence-electron chi connectivity index (χ4n) is 1.45. The summed E-state index contributed by atoms with van der Waals surface area (Å²) in [7, 11) is 0. The topological polar surface area (TPSA) is 52.4 Å². The summed E-state index contributed by atoms with van der Waals surface area (Å²) in [5, 5.41) is 10.8. The first kappa shape index (κ1) is 14.8. The Morgan fingerprint density at radius 3 is 2.44 bits per heavy atom. The molecular weight excluding hydrogens is 250 g/mol. The van der Waals surface area contributed by atoms with Crippen molar-refractivity contribution in [2.45, 2.75) is 27.7 Å². The van der Waals surface area contributed by atoms with Crippen LogP contribution in [-0.2, 0) is 0 Å². The molecule has 0 unspecified atom stereocenters. The molecule has 100 valence electrons. The Morgan fingerprint density at radius 2 is 1.94 bits per heavy atom. The second kappa shape index (κ2) is 5.61. The van der Waals surface area contributed by atoms with Gasteiger partial charge in [-0.1, -0.05) is 13.8 Å². The van der Waals surface area contributed by atoms with Gasteiger partial charge >= 0.3 is 0 Å². The molecule has 0 heterocycles. The van der Waals surface area contributed by atoms with E-state index in [0.717, 1.165) is 11.3 Å². The number of nitro benzene ring substituents is 1. The predicted molar refractivity (Wildman–Crippen MR) is 75.7 cm³/mol. The van der Waals surface area contributed by atoms with Crippen molar-refractivity contribution in [1.29, 1.82) is 0 Å². The van der Waals surface area contributed by atoms with Crippen LogP contribution in [0, 0.1) is 29.4 Å². The fraction of sp³-hybridized carbons (Fsp3) is 0.538. The Kier molecular flexibility index (Phi) is 4.62. The van der Waals surface area contributed by atoms with E-state index in [1.54, 1.807) is 19.1 Å². The van der Waals surface area contributed by atoms with Crippen molar-refractivity contribution in [2.75, 3.05) is 12.4 Å². The monoisotopic (exact) mass is 269 g/mol. The number of thiol groups is 1. The number of benzene rings is 1. The van der Waals surface area contributed by atoms with E-state index in [9.17, 15) is 10.1 Å². The fourth-order valence-corrected chi connectivity index (χ4v) is 1.54. The minimum Gasteiger partial charge on any atom is -0.493 e. The molecule has 0 saturated heterocycles. The normalized spacial score (nSPS) is 11.4. The molecule has 5 heteroatoms. The van der Waals surface area contributed by atoms with Crippen molar-refractivity contribution in [2.24, 2.45) is 5.41 Å². The maximum atomic E-state index is 10.8. The summed E-state index contributed by atoms with van der Waals surface area (Å²) < 4.78 is 5.74. The third kappa shape index (κ3) is 3.63. The quantitative estimate of drug-likeness (QED) is 0.505. The van der Waals surface area contributed by atoms with Crippen LogP contribution in [-0.4, -0.2) is 17.3 Å². The van der Waals surface area contributed by atoms with E-state index in [4.69, 9.17) is 4.74 Å². The standard InChI is InChI=1S/C13H19NO3S/c1-9-6-12(17-7-13(3,4)8-18)10(2)5-11(9)14(15)16/h5-6,18H,7-8H2,1-4H3. The molecule has 0 aliphatic carbocycles. The maximum Gasteiger partial charge on any atom is 0.272 e. The minimum absolute atomic E-state index is 0.0226. The highest BCUT2D eigenvalue weighted by Crippen LogP contribution is 2.29. The molecule has 1 aromatic carbocycles. The van der Waals surface area contributed by atoms with Crippen LogP contribution in [0.3, 0.4) is 0 Å². The molecule has 0 saturated carbocycles. The van der Waals surface area contributed by atoms with Gasteiger partial charge in [0.1, 0.15) is 5.75 Å². The average Bonchev–Trinajstić information content (AvgIpc) is 2.29. The number of ether oxygens (including phenoxy) is 1. The Morgan fingerprint density at radius 1 is 1.33 bits per heavy atom. The summed E-state index contributed by atoms with van der Waals surface area (Å²) in [6, 6.07) is 3.28. The average molecular weight is 269 g/mol. The molecule has 0 atom stereocenters. The lowest BCUT2D eigenvalue weighted by molar-refractivity contribution is -0.385. The van der Waals surface area contributed by atoms with Crippen molar-refractivity contribution in [1.82, 2.24) is 0 Å². The molecule has 0 fully saturated rings. The van der Waals surface area contributed by atoms with E-state index in [-0.39, 0.29) is 16.0 Å². The van der Waals surface area contributed by atoms with Crippen LogP contribution < -0.4 is 4.74 Å². The van der Waals surface area contributed by atoms with Crippen LogP contribution >= 0.6 is 12.6 Å². The van der Waals surface area contributed by atoms with Crippen molar-refractivity contribution < 1.29 is 9.66 Å². The van der Waals surface area contributed by atoms with Crippen LogP contribution in [0.4, 0.5) is 5.69 Å². The lowest BCUT2D eigenvalue weighted by Crippen LogP contribution is -2.23. The Labute approximate surface area is 113 Å². The summed E-state index contributed by atoms with van der Waals surface area (Å²) >= 11 is 4.27. The van der Waals surface area contributed by atoms with Crippen molar-refractivity contribution >= 4 is 18.3 Å². The third-order valence-corrected chi connectivity index (χ3v) is 3.59. The first-order valence-electron chi connectivity index (χ1n) is 5.76. The molecule has 1 rings (SSSR count). The molecule has 0 amide bonds. The van der Waals surface area contributed by atoms with Gasteiger partial charge in [-0.3, -0.25) is 10.1 Å². The number of hydrogen-bond acceptors (Lipinski definition) is 4. The molecule has 4 nitrogen and oxygen atoms in total. The van der Waals surface area contributed by atoms with Gasteiger partial charge in [-0.05, 0) is 31.2 Å². The van der Waals surface area contributed by atoms with E-state index < -0.39 is 0 Å². The maximum absolute atomic E-state index is 10.8. The van der Waals surface area contributed by atoms with Gasteiger partial charge in [0.15, 0.2) is 0 Å². The Balaban J connectivity index is 2.92. The van der Waals surface area contributed by atoms with E-state index in [1.165, 1.54) is 0 Å². The molecule has 0 N–H and O–H groups in total. The van der Waals surface area contributed by atoms with Crippen LogP contribution in [0.15, 0.2) is 12.1 Å². The SMILES string of the molecule is Cc1cc([N+](=O)[O-])c(C)cc1OCC(C)(C)CS. The summed E-state index contributed by atoms with van der Waals surface area (Å²) in [4.78, 5) is 10.4. The van der Waals surface area contributed by atoms with Gasteiger partial charge in [0, 0.05) is 17.0 Å². The predicted octanol–water partition coefficient (Wildman–Crippen LogP) is 3.55. The van der Waals surface area contributed by atoms with Gasteiger partial charge in [-0.2, -0.15) is 12.6 Å². The molecule has 0 aromatic heterocycles. The highest BCUT2D eigenvalue weighted by molar-refractivity contribution is 7.80. The minimum atomic E-state index is -0.371. The van der Waals surface area contributed by atoms with Crippen LogP contribution in [0.1, 0.15) is 25.0 Å². The lowest BCUT2D eigenvalue weighted by Gasteiger charge is -2.23. The zero-order valence-corrected chi connectivity index (χ0v) is 12.1. The van der Waals surface area contributed by atoms with Gasteiger partial charge in [0.2, 0.25) is 0 Å². The number of nitrogens with zero attached hydrogens (tertiary/aromatic N) is 1. The lowest BCUT2D eigenvalue weighted by atomic mass is 9.98. The molecule has 0 spiro atoms. The molecular formula is C13H19NO3S. The number of rotatable bonds is 5. The van der Waals surface area contributed by atoms with Gasteiger partial charge < -0.3 is 4.74 Å². The summed E-state index contributed by atoms with van der Waals surface area (Å²) in [6.45, 7) is 8.19. The molecule has 0 aliphatic rings. The van der Waals surface area contributed by atoms with E-state index in [2.05, 4.69) is 26.5 Å². The van der Waals surface area contributed by atoms with Crippen molar-refractivity contribution in [3.05, 3.63) is 33.4 Å². The Bertz CT molecular complexity index is 458. The molecule has 0 radical (unpaired) electrons. The number of nitro groups is 1. The van der Waals surface area contributed by atoms with Crippen molar-refractivity contribution in [3.63, 3.8) is 0 Å². The van der Waals surface area contributed by atoms with E-state index in [1.807, 2.05) is 6.92 Å². The van der Waals surface area contributed by atoms with Gasteiger partial charge in [-0.15, -0.1) is 0 Å². The number of hydrogen-bond donors (Lipinski definition) is 1. The van der Waals surface area contributed by atoms with Gasteiger partial charge in [0.25, 0.3) is 5.69 Å². The summed E-state index contributed by atoms with van der Waals surface area (Å²) in [5.41, 5.74) is 1.51. The number of aryl methyl sites for hydroxylation is 2. The van der Waals surface area contributed by atoms with Crippen LogP contribution in [0.2, 0.25) is 0 Å². The third-order valence-electron chi connectivity index (χ3n) is 2.74. The second-order valence-corrected chi connectivity index (χ2v) is 5.59. The molecule has 18 heavy (non-hydrogen) atoms. The van der Waals surface area contributed by atoms with E-state index >= 15 is 0 Å². The highest BCUT2D eigenvalue weighted by atomic mass is 32.1.